The van der Waals surface area contributed by atoms with Gasteiger partial charge in [0.05, 0.1) is 20.4 Å². The Morgan fingerprint density at radius 1 is 1.09 bits per heavy atom. The fourth-order valence-corrected chi connectivity index (χ4v) is 5.33. The number of fused-ring (bicyclic) bond motifs is 1. The average molecular weight is 475 g/mol. The normalized spacial score (nSPS) is 13.1. The van der Waals surface area contributed by atoms with Crippen molar-refractivity contribution >= 4 is 44.3 Å². The molecular weight excluding hydrogens is 458 g/mol. The minimum absolute atomic E-state index is 0.0718. The van der Waals surface area contributed by atoms with E-state index in [-0.39, 0.29) is 26.1 Å². The van der Waals surface area contributed by atoms with Crippen molar-refractivity contribution in [1.82, 2.24) is 0 Å². The third-order valence-corrected chi connectivity index (χ3v) is 7.17. The highest BCUT2D eigenvalue weighted by molar-refractivity contribution is 7.91. The smallest absolute Gasteiger partial charge is 0.260 e. The van der Waals surface area contributed by atoms with Crippen LogP contribution in [0, 0.1) is 11.6 Å². The van der Waals surface area contributed by atoms with E-state index in [4.69, 9.17) is 11.6 Å². The van der Waals surface area contributed by atoms with E-state index in [1.54, 1.807) is 13.0 Å². The maximum atomic E-state index is 14.2. The van der Waals surface area contributed by atoms with Crippen molar-refractivity contribution in [3.05, 3.63) is 88.5 Å². The number of rotatable bonds is 4. The highest BCUT2D eigenvalue weighted by atomic mass is 35.5. The van der Waals surface area contributed by atoms with Gasteiger partial charge in [-0.05, 0) is 61.0 Å². The maximum Gasteiger partial charge on any atom is 0.260 e. The Morgan fingerprint density at radius 2 is 1.81 bits per heavy atom. The highest BCUT2D eigenvalue weighted by Gasteiger charge is 2.27. The highest BCUT2D eigenvalue weighted by Crippen LogP contribution is 2.38. The summed E-state index contributed by atoms with van der Waals surface area (Å²) < 4.78 is 54.3. The molecule has 1 heterocycles. The molecule has 32 heavy (non-hydrogen) atoms. The van der Waals surface area contributed by atoms with Gasteiger partial charge in [0.15, 0.2) is 0 Å². The number of amides is 1. The fourth-order valence-electron chi connectivity index (χ4n) is 3.51. The summed E-state index contributed by atoms with van der Waals surface area (Å²) in [6.45, 7) is 2.24. The van der Waals surface area contributed by atoms with E-state index in [1.807, 2.05) is 6.08 Å². The predicted octanol–water partition coefficient (Wildman–Crippen LogP) is 5.53. The number of hydrogen-bond acceptors (Lipinski definition) is 4. The number of carbonyl (C=O) groups is 1. The van der Waals surface area contributed by atoms with Gasteiger partial charge in [0.2, 0.25) is 9.84 Å². The van der Waals surface area contributed by atoms with Gasteiger partial charge in [-0.15, -0.1) is 0 Å². The lowest BCUT2D eigenvalue weighted by atomic mass is 10.0. The molecular formula is C23H17ClF2N2O3S. The van der Waals surface area contributed by atoms with Gasteiger partial charge in [0.1, 0.15) is 11.6 Å². The van der Waals surface area contributed by atoms with Gasteiger partial charge in [-0.3, -0.25) is 4.79 Å². The molecule has 0 spiro atoms. The molecule has 4 rings (SSSR count). The molecule has 0 unspecified atom stereocenters. The number of anilines is 2. The van der Waals surface area contributed by atoms with Crippen LogP contribution in [0.1, 0.15) is 22.8 Å². The quantitative estimate of drug-likeness (QED) is 0.487. The molecule has 0 saturated carbocycles. The van der Waals surface area contributed by atoms with Crippen LogP contribution in [0.3, 0.4) is 0 Å². The number of benzene rings is 3. The van der Waals surface area contributed by atoms with Gasteiger partial charge >= 0.3 is 0 Å². The van der Waals surface area contributed by atoms with Gasteiger partial charge in [-0.2, -0.15) is 0 Å². The van der Waals surface area contributed by atoms with Gasteiger partial charge in [-0.25, -0.2) is 17.2 Å². The van der Waals surface area contributed by atoms with E-state index in [0.29, 0.717) is 17.8 Å². The summed E-state index contributed by atoms with van der Waals surface area (Å²) >= 11 is 5.97. The minimum atomic E-state index is -4.07. The van der Waals surface area contributed by atoms with Crippen LogP contribution in [0.4, 0.5) is 20.2 Å². The second-order valence-electron chi connectivity index (χ2n) is 7.17. The number of hydrogen-bond donors (Lipinski definition) is 2. The first-order chi connectivity index (χ1) is 15.2. The Labute approximate surface area is 188 Å². The lowest BCUT2D eigenvalue weighted by Gasteiger charge is -2.22. The van der Waals surface area contributed by atoms with Crippen LogP contribution in [-0.4, -0.2) is 20.9 Å². The van der Waals surface area contributed by atoms with Crippen LogP contribution < -0.4 is 10.6 Å². The molecule has 0 atom stereocenters. The Bertz CT molecular complexity index is 1350. The summed E-state index contributed by atoms with van der Waals surface area (Å²) in [5.41, 5.74) is 1.45. The summed E-state index contributed by atoms with van der Waals surface area (Å²) in [6.07, 6.45) is 1.84. The van der Waals surface area contributed by atoms with Crippen LogP contribution in [-0.2, 0) is 9.84 Å². The van der Waals surface area contributed by atoms with Crippen molar-refractivity contribution < 1.29 is 22.0 Å². The van der Waals surface area contributed by atoms with E-state index in [2.05, 4.69) is 10.6 Å². The number of allylic oxidation sites excluding steroid dienone is 1. The van der Waals surface area contributed by atoms with Crippen molar-refractivity contribution in [3.8, 4) is 0 Å². The molecule has 0 fully saturated rings. The second-order valence-corrected chi connectivity index (χ2v) is 9.50. The van der Waals surface area contributed by atoms with E-state index in [1.165, 1.54) is 30.3 Å². The topological polar surface area (TPSA) is 75.3 Å². The monoisotopic (exact) mass is 474 g/mol. The van der Waals surface area contributed by atoms with Crippen LogP contribution in [0.25, 0.3) is 5.57 Å². The lowest BCUT2D eigenvalue weighted by molar-refractivity contribution is 0.102. The van der Waals surface area contributed by atoms with Crippen LogP contribution in [0.15, 0.2) is 70.5 Å². The Morgan fingerprint density at radius 3 is 2.50 bits per heavy atom. The first-order valence-electron chi connectivity index (χ1n) is 9.53. The second kappa shape index (κ2) is 8.37. The van der Waals surface area contributed by atoms with E-state index >= 15 is 0 Å². The largest absolute Gasteiger partial charge is 0.381 e. The Balaban J connectivity index is 1.84. The van der Waals surface area contributed by atoms with E-state index < -0.39 is 27.4 Å². The molecule has 1 aliphatic heterocycles. The minimum Gasteiger partial charge on any atom is -0.381 e. The van der Waals surface area contributed by atoms with Crippen molar-refractivity contribution in [1.29, 1.82) is 0 Å². The fraction of sp³-hybridized carbons (Fsp3) is 0.0870. The summed E-state index contributed by atoms with van der Waals surface area (Å²) in [6, 6.07) is 11.2. The van der Waals surface area contributed by atoms with Gasteiger partial charge < -0.3 is 10.6 Å². The number of sulfone groups is 1. The molecule has 9 heteroatoms. The molecule has 1 amide bonds. The van der Waals surface area contributed by atoms with Crippen LogP contribution in [0.2, 0.25) is 5.02 Å². The van der Waals surface area contributed by atoms with Crippen molar-refractivity contribution in [2.45, 2.75) is 16.7 Å². The standard InChI is InChI=1S/C23H17ClF2N2O3S/c1-13-9-10-27-19-11-15(28-23(29)22-17(24)3-2-4-18(22)26)12-20(21(13)19)32(30,31)16-7-5-14(25)6-8-16/h2-9,11-12,27H,10H2,1H3,(H,28,29). The molecule has 0 aromatic heterocycles. The van der Waals surface area contributed by atoms with Crippen LogP contribution in [0.5, 0.6) is 0 Å². The molecule has 164 valence electrons. The maximum absolute atomic E-state index is 14.2. The summed E-state index contributed by atoms with van der Waals surface area (Å²) in [4.78, 5) is 12.5. The SMILES string of the molecule is CC1=CCNc2cc(NC(=O)c3c(F)cccc3Cl)cc(S(=O)(=O)c3ccc(F)cc3)c21. The molecule has 5 nitrogen and oxygen atoms in total. The molecule has 0 aliphatic carbocycles. The summed E-state index contributed by atoms with van der Waals surface area (Å²) in [5, 5.41) is 5.55. The van der Waals surface area contributed by atoms with E-state index in [0.717, 1.165) is 23.8 Å². The predicted molar refractivity (Wildman–Crippen MR) is 120 cm³/mol. The van der Waals surface area contributed by atoms with Gasteiger partial charge in [-0.1, -0.05) is 23.7 Å². The first-order valence-corrected chi connectivity index (χ1v) is 11.4. The zero-order valence-corrected chi connectivity index (χ0v) is 18.3. The zero-order chi connectivity index (χ0) is 23.0. The molecule has 0 bridgehead atoms. The molecule has 1 aliphatic rings. The third-order valence-electron chi connectivity index (χ3n) is 5.06. The average Bonchev–Trinajstić information content (AvgIpc) is 2.73. The number of nitrogens with one attached hydrogen (secondary N) is 2. The molecule has 0 saturated heterocycles. The molecule has 0 radical (unpaired) electrons. The third kappa shape index (κ3) is 3.99. The van der Waals surface area contributed by atoms with Gasteiger partial charge in [0.25, 0.3) is 5.91 Å². The zero-order valence-electron chi connectivity index (χ0n) is 16.7. The molecule has 3 aromatic carbocycles. The Kier molecular flexibility index (Phi) is 5.75. The van der Waals surface area contributed by atoms with Crippen molar-refractivity contribution in [2.75, 3.05) is 17.2 Å². The molecule has 2 N–H and O–H groups in total. The summed E-state index contributed by atoms with van der Waals surface area (Å²) in [7, 11) is -4.07. The first kappa shape index (κ1) is 22.0. The number of halogens is 3. The molecule has 3 aromatic rings. The van der Waals surface area contributed by atoms with Crippen LogP contribution >= 0.6 is 11.6 Å². The summed E-state index contributed by atoms with van der Waals surface area (Å²) in [5.74, 6) is -2.18. The van der Waals surface area contributed by atoms with Gasteiger partial charge in [0, 0.05) is 23.5 Å². The van der Waals surface area contributed by atoms with Crippen molar-refractivity contribution in [2.24, 2.45) is 0 Å². The lowest BCUT2D eigenvalue weighted by Crippen LogP contribution is -2.17. The van der Waals surface area contributed by atoms with Crippen molar-refractivity contribution in [3.63, 3.8) is 0 Å². The Hall–Kier alpha value is -3.23. The number of carbonyl (C=O) groups excluding carboxylic acids is 1. The van der Waals surface area contributed by atoms with E-state index in [9.17, 15) is 22.0 Å².